The molecule has 2 aromatic rings. The van der Waals surface area contributed by atoms with Crippen molar-refractivity contribution in [3.8, 4) is 0 Å². The lowest BCUT2D eigenvalue weighted by molar-refractivity contribution is 0.374. The standard InChI is InChI=1S/C20H30N4O/c1-14(2)18(22-12-8-11-21)19-23-16(4)15(3)20(25)24(19)13-17-9-6-5-7-10-17/h5-7,9-10,14,18,22H,8,11-13,21H2,1-4H3. The number of rotatable bonds is 8. The second kappa shape index (κ2) is 8.92. The van der Waals surface area contributed by atoms with Gasteiger partial charge in [-0.05, 0) is 44.8 Å². The largest absolute Gasteiger partial charge is 0.330 e. The third-order valence-electron chi connectivity index (χ3n) is 4.54. The van der Waals surface area contributed by atoms with Crippen LogP contribution in [0.5, 0.6) is 0 Å². The molecule has 1 aromatic carbocycles. The summed E-state index contributed by atoms with van der Waals surface area (Å²) in [5.41, 5.74) is 8.27. The fourth-order valence-electron chi connectivity index (χ4n) is 2.92. The molecule has 1 heterocycles. The van der Waals surface area contributed by atoms with Crippen molar-refractivity contribution in [1.29, 1.82) is 0 Å². The summed E-state index contributed by atoms with van der Waals surface area (Å²) in [5.74, 6) is 1.12. The number of benzene rings is 1. The third kappa shape index (κ3) is 4.77. The molecule has 0 aliphatic heterocycles. The van der Waals surface area contributed by atoms with E-state index < -0.39 is 0 Å². The highest BCUT2D eigenvalue weighted by atomic mass is 16.1. The summed E-state index contributed by atoms with van der Waals surface area (Å²) in [4.78, 5) is 17.7. The van der Waals surface area contributed by atoms with Crippen LogP contribution in [0.1, 0.15) is 49.0 Å². The maximum Gasteiger partial charge on any atom is 0.257 e. The van der Waals surface area contributed by atoms with Crippen molar-refractivity contribution in [2.24, 2.45) is 11.7 Å². The maximum absolute atomic E-state index is 12.9. The van der Waals surface area contributed by atoms with Gasteiger partial charge < -0.3 is 11.1 Å². The number of nitrogens with zero attached hydrogens (tertiary/aromatic N) is 2. The van der Waals surface area contributed by atoms with Crippen LogP contribution in [0.2, 0.25) is 0 Å². The lowest BCUT2D eigenvalue weighted by atomic mass is 10.0. The Hall–Kier alpha value is -1.98. The average molecular weight is 342 g/mol. The fourth-order valence-corrected chi connectivity index (χ4v) is 2.92. The Morgan fingerprint density at radius 1 is 1.20 bits per heavy atom. The highest BCUT2D eigenvalue weighted by Gasteiger charge is 2.22. The van der Waals surface area contributed by atoms with Gasteiger partial charge in [0.15, 0.2) is 0 Å². The van der Waals surface area contributed by atoms with E-state index >= 15 is 0 Å². The van der Waals surface area contributed by atoms with E-state index in [1.54, 1.807) is 0 Å². The van der Waals surface area contributed by atoms with E-state index in [0.29, 0.717) is 24.6 Å². The number of nitrogens with one attached hydrogen (secondary N) is 1. The lowest BCUT2D eigenvalue weighted by Gasteiger charge is -2.26. The van der Waals surface area contributed by atoms with E-state index in [4.69, 9.17) is 10.7 Å². The zero-order chi connectivity index (χ0) is 18.4. The zero-order valence-electron chi connectivity index (χ0n) is 15.7. The molecule has 2 rings (SSSR count). The van der Waals surface area contributed by atoms with Gasteiger partial charge in [0, 0.05) is 11.3 Å². The van der Waals surface area contributed by atoms with Gasteiger partial charge in [0.2, 0.25) is 0 Å². The van der Waals surface area contributed by atoms with Crippen LogP contribution in [-0.2, 0) is 6.54 Å². The molecule has 0 spiro atoms. The quantitative estimate of drug-likeness (QED) is 0.723. The SMILES string of the molecule is Cc1nc(C(NCCCN)C(C)C)n(Cc2ccccc2)c(=O)c1C. The summed E-state index contributed by atoms with van der Waals surface area (Å²) < 4.78 is 1.82. The Kier molecular flexibility index (Phi) is 6.91. The van der Waals surface area contributed by atoms with Gasteiger partial charge in [-0.15, -0.1) is 0 Å². The van der Waals surface area contributed by atoms with Crippen molar-refractivity contribution in [3.05, 3.63) is 63.3 Å². The predicted octanol–water partition coefficient (Wildman–Crippen LogP) is 2.54. The van der Waals surface area contributed by atoms with E-state index in [1.807, 2.05) is 48.7 Å². The lowest BCUT2D eigenvalue weighted by Crippen LogP contribution is -2.37. The molecule has 5 heteroatoms. The Morgan fingerprint density at radius 2 is 1.88 bits per heavy atom. The van der Waals surface area contributed by atoms with Crippen LogP contribution in [0.15, 0.2) is 35.1 Å². The molecular formula is C20H30N4O. The van der Waals surface area contributed by atoms with Crippen molar-refractivity contribution in [3.63, 3.8) is 0 Å². The summed E-state index contributed by atoms with van der Waals surface area (Å²) in [7, 11) is 0. The van der Waals surface area contributed by atoms with E-state index in [2.05, 4.69) is 19.2 Å². The molecule has 3 N–H and O–H groups in total. The zero-order valence-corrected chi connectivity index (χ0v) is 15.7. The van der Waals surface area contributed by atoms with Crippen LogP contribution in [0.3, 0.4) is 0 Å². The van der Waals surface area contributed by atoms with Gasteiger partial charge in [0.25, 0.3) is 5.56 Å². The van der Waals surface area contributed by atoms with Crippen LogP contribution < -0.4 is 16.6 Å². The molecule has 25 heavy (non-hydrogen) atoms. The van der Waals surface area contributed by atoms with Crippen molar-refractivity contribution in [2.45, 2.75) is 46.7 Å². The van der Waals surface area contributed by atoms with Gasteiger partial charge in [0.1, 0.15) is 5.82 Å². The van der Waals surface area contributed by atoms with Gasteiger partial charge in [-0.3, -0.25) is 9.36 Å². The molecule has 136 valence electrons. The third-order valence-corrected chi connectivity index (χ3v) is 4.54. The molecule has 1 aromatic heterocycles. The molecule has 0 bridgehead atoms. The van der Waals surface area contributed by atoms with Gasteiger partial charge in [-0.25, -0.2) is 4.98 Å². The molecule has 0 saturated carbocycles. The van der Waals surface area contributed by atoms with Crippen LogP contribution in [-0.4, -0.2) is 22.6 Å². The summed E-state index contributed by atoms with van der Waals surface area (Å²) >= 11 is 0. The number of aromatic nitrogens is 2. The van der Waals surface area contributed by atoms with E-state index in [0.717, 1.165) is 30.0 Å². The van der Waals surface area contributed by atoms with Crippen molar-refractivity contribution >= 4 is 0 Å². The number of hydrogen-bond donors (Lipinski definition) is 2. The molecule has 1 atom stereocenters. The van der Waals surface area contributed by atoms with E-state index in [-0.39, 0.29) is 11.6 Å². The first-order valence-corrected chi connectivity index (χ1v) is 9.01. The van der Waals surface area contributed by atoms with Crippen molar-refractivity contribution in [1.82, 2.24) is 14.9 Å². The molecule has 5 nitrogen and oxygen atoms in total. The molecule has 0 amide bonds. The second-order valence-electron chi connectivity index (χ2n) is 6.88. The molecule has 0 saturated heterocycles. The summed E-state index contributed by atoms with van der Waals surface area (Å²) in [6.07, 6.45) is 0.900. The summed E-state index contributed by atoms with van der Waals surface area (Å²) in [5, 5.41) is 3.53. The first-order chi connectivity index (χ1) is 12.0. The Labute approximate surface area is 150 Å². The number of nitrogens with two attached hydrogens (primary N) is 1. The van der Waals surface area contributed by atoms with Crippen molar-refractivity contribution < 1.29 is 0 Å². The summed E-state index contributed by atoms with van der Waals surface area (Å²) in [6, 6.07) is 10.1. The van der Waals surface area contributed by atoms with E-state index in [1.165, 1.54) is 0 Å². The van der Waals surface area contributed by atoms with Crippen LogP contribution in [0.4, 0.5) is 0 Å². The summed E-state index contributed by atoms with van der Waals surface area (Å²) in [6.45, 7) is 10.0. The molecule has 0 aliphatic rings. The van der Waals surface area contributed by atoms with Gasteiger partial charge in [-0.1, -0.05) is 44.2 Å². The molecule has 0 aliphatic carbocycles. The highest BCUT2D eigenvalue weighted by molar-refractivity contribution is 5.21. The smallest absolute Gasteiger partial charge is 0.257 e. The van der Waals surface area contributed by atoms with Crippen LogP contribution in [0.25, 0.3) is 0 Å². The van der Waals surface area contributed by atoms with Gasteiger partial charge >= 0.3 is 0 Å². The topological polar surface area (TPSA) is 72.9 Å². The van der Waals surface area contributed by atoms with Gasteiger partial charge in [-0.2, -0.15) is 0 Å². The Balaban J connectivity index is 2.48. The Morgan fingerprint density at radius 3 is 2.48 bits per heavy atom. The van der Waals surface area contributed by atoms with Crippen LogP contribution in [0, 0.1) is 19.8 Å². The second-order valence-corrected chi connectivity index (χ2v) is 6.88. The number of hydrogen-bond acceptors (Lipinski definition) is 4. The molecule has 1 unspecified atom stereocenters. The van der Waals surface area contributed by atoms with E-state index in [9.17, 15) is 4.79 Å². The minimum atomic E-state index is 0.0160. The van der Waals surface area contributed by atoms with Crippen molar-refractivity contribution in [2.75, 3.05) is 13.1 Å². The monoisotopic (exact) mass is 342 g/mol. The first-order valence-electron chi connectivity index (χ1n) is 9.01. The minimum absolute atomic E-state index is 0.0160. The molecular weight excluding hydrogens is 312 g/mol. The predicted molar refractivity (Wildman–Crippen MR) is 103 cm³/mol. The average Bonchev–Trinajstić information content (AvgIpc) is 2.60. The van der Waals surface area contributed by atoms with Gasteiger partial charge in [0.05, 0.1) is 12.6 Å². The molecule has 0 fully saturated rings. The Bertz CT molecular complexity index is 737. The normalized spacial score (nSPS) is 12.6. The minimum Gasteiger partial charge on any atom is -0.330 e. The first kappa shape index (κ1) is 19.3. The number of aryl methyl sites for hydroxylation is 1. The highest BCUT2D eigenvalue weighted by Crippen LogP contribution is 2.21. The molecule has 0 radical (unpaired) electrons. The van der Waals surface area contributed by atoms with Crippen LogP contribution >= 0.6 is 0 Å². The maximum atomic E-state index is 12.9. The fraction of sp³-hybridized carbons (Fsp3) is 0.500.